The van der Waals surface area contributed by atoms with Crippen LogP contribution in [0, 0.1) is 0 Å². The number of hydrogen-bond donors (Lipinski definition) is 1. The van der Waals surface area contributed by atoms with Crippen molar-refractivity contribution in [3.05, 3.63) is 53.5 Å². The Morgan fingerprint density at radius 1 is 0.964 bits per heavy atom. The highest BCUT2D eigenvalue weighted by Gasteiger charge is 2.33. The van der Waals surface area contributed by atoms with Gasteiger partial charge in [-0.25, -0.2) is 9.97 Å². The second kappa shape index (κ2) is 7.80. The van der Waals surface area contributed by atoms with Gasteiger partial charge in [-0.05, 0) is 44.1 Å². The van der Waals surface area contributed by atoms with E-state index in [2.05, 4.69) is 35.2 Å². The molecule has 2 aromatic rings. The van der Waals surface area contributed by atoms with Gasteiger partial charge in [-0.2, -0.15) is 0 Å². The molecule has 1 aromatic heterocycles. The molecule has 5 heteroatoms. The molecule has 0 unspecified atom stereocenters. The van der Waals surface area contributed by atoms with Gasteiger partial charge in [-0.3, -0.25) is 0 Å². The predicted molar refractivity (Wildman–Crippen MR) is 110 cm³/mol. The molecule has 2 N–H and O–H groups in total. The summed E-state index contributed by atoms with van der Waals surface area (Å²) >= 11 is 0. The minimum Gasteiger partial charge on any atom is -0.373 e. The Hall–Kier alpha value is -1.98. The lowest BCUT2D eigenvalue weighted by atomic mass is 9.78. The first-order valence-electron chi connectivity index (χ1n) is 10.8. The third kappa shape index (κ3) is 4.06. The predicted octanol–water partition coefficient (Wildman–Crippen LogP) is 3.74. The van der Waals surface area contributed by atoms with Crippen molar-refractivity contribution in [2.24, 2.45) is 5.73 Å². The van der Waals surface area contributed by atoms with Crippen LogP contribution in [-0.4, -0.2) is 35.2 Å². The Labute approximate surface area is 167 Å². The topological polar surface area (TPSA) is 64.3 Å². The van der Waals surface area contributed by atoms with Gasteiger partial charge < -0.3 is 15.4 Å². The zero-order valence-corrected chi connectivity index (χ0v) is 16.5. The van der Waals surface area contributed by atoms with E-state index in [1.54, 1.807) is 0 Å². The molecule has 28 heavy (non-hydrogen) atoms. The van der Waals surface area contributed by atoms with E-state index in [1.165, 1.54) is 24.1 Å². The number of piperidine rings is 1. The molecule has 0 bridgehead atoms. The Morgan fingerprint density at radius 2 is 1.71 bits per heavy atom. The fraction of sp³-hybridized carbons (Fsp3) is 0.565. The van der Waals surface area contributed by atoms with E-state index in [4.69, 9.17) is 20.4 Å². The molecule has 0 spiro atoms. The highest BCUT2D eigenvalue weighted by molar-refractivity contribution is 5.42. The van der Waals surface area contributed by atoms with Crippen LogP contribution in [0.4, 0.5) is 5.82 Å². The lowest BCUT2D eigenvalue weighted by molar-refractivity contribution is 0.0250. The van der Waals surface area contributed by atoms with Gasteiger partial charge in [-0.1, -0.05) is 30.3 Å². The van der Waals surface area contributed by atoms with Gasteiger partial charge in [0.25, 0.3) is 0 Å². The number of aromatic nitrogens is 2. The summed E-state index contributed by atoms with van der Waals surface area (Å²) in [6.45, 7) is 2.71. The average Bonchev–Trinajstić information content (AvgIpc) is 3.56. The number of benzene rings is 1. The van der Waals surface area contributed by atoms with Gasteiger partial charge in [-0.15, -0.1) is 0 Å². The summed E-state index contributed by atoms with van der Waals surface area (Å²) in [6.07, 6.45) is 7.06. The summed E-state index contributed by atoms with van der Waals surface area (Å²) in [4.78, 5) is 12.3. The molecule has 5 rings (SSSR count). The van der Waals surface area contributed by atoms with Gasteiger partial charge in [0.05, 0.1) is 12.7 Å². The zero-order valence-electron chi connectivity index (χ0n) is 16.5. The first kappa shape index (κ1) is 18.1. The molecule has 148 valence electrons. The molecule has 5 nitrogen and oxygen atoms in total. The Balaban J connectivity index is 1.22. The Kier molecular flexibility index (Phi) is 5.03. The van der Waals surface area contributed by atoms with E-state index in [1.807, 2.05) is 6.07 Å². The highest BCUT2D eigenvalue weighted by Crippen LogP contribution is 2.41. The van der Waals surface area contributed by atoms with Crippen molar-refractivity contribution < 1.29 is 4.74 Å². The third-order valence-corrected chi connectivity index (χ3v) is 6.38. The first-order valence-corrected chi connectivity index (χ1v) is 10.8. The zero-order chi connectivity index (χ0) is 18.9. The third-order valence-electron chi connectivity index (χ3n) is 6.38. The van der Waals surface area contributed by atoms with Crippen molar-refractivity contribution in [3.8, 4) is 0 Å². The van der Waals surface area contributed by atoms with Crippen molar-refractivity contribution in [1.82, 2.24) is 9.97 Å². The summed E-state index contributed by atoms with van der Waals surface area (Å²) in [5.41, 5.74) is 8.48. The van der Waals surface area contributed by atoms with Crippen LogP contribution in [0.15, 0.2) is 36.4 Å². The normalized spacial score (nSPS) is 25.5. The Morgan fingerprint density at radius 3 is 2.39 bits per heavy atom. The van der Waals surface area contributed by atoms with Crippen LogP contribution in [0.1, 0.15) is 67.4 Å². The van der Waals surface area contributed by atoms with Crippen LogP contribution in [0.2, 0.25) is 0 Å². The van der Waals surface area contributed by atoms with E-state index in [0.29, 0.717) is 30.6 Å². The summed E-state index contributed by atoms with van der Waals surface area (Å²) in [5.74, 6) is 3.30. The fourth-order valence-electron chi connectivity index (χ4n) is 4.31. The van der Waals surface area contributed by atoms with E-state index < -0.39 is 0 Å². The summed E-state index contributed by atoms with van der Waals surface area (Å²) in [6, 6.07) is 13.0. The molecule has 1 aliphatic heterocycles. The van der Waals surface area contributed by atoms with E-state index in [9.17, 15) is 0 Å². The van der Waals surface area contributed by atoms with Crippen LogP contribution in [0.3, 0.4) is 0 Å². The molecule has 0 atom stereocenters. The average molecular weight is 379 g/mol. The molecular weight excluding hydrogens is 348 g/mol. The lowest BCUT2D eigenvalue weighted by Gasteiger charge is -2.35. The monoisotopic (exact) mass is 378 g/mol. The van der Waals surface area contributed by atoms with Gasteiger partial charge in [0.2, 0.25) is 0 Å². The Bertz CT molecular complexity index is 794. The molecule has 3 aliphatic rings. The maximum Gasteiger partial charge on any atom is 0.134 e. The smallest absolute Gasteiger partial charge is 0.134 e. The molecule has 2 saturated carbocycles. The SMILES string of the molecule is NC1CC(c2cc(N3CCC(OCc4ccccc4)CC3)nc(C3CC3)n2)C1. The molecule has 2 heterocycles. The molecule has 1 aromatic carbocycles. The minimum absolute atomic E-state index is 0.338. The highest BCUT2D eigenvalue weighted by atomic mass is 16.5. The van der Waals surface area contributed by atoms with Gasteiger partial charge >= 0.3 is 0 Å². The number of ether oxygens (including phenoxy) is 1. The number of nitrogens with two attached hydrogens (primary N) is 1. The quantitative estimate of drug-likeness (QED) is 0.829. The lowest BCUT2D eigenvalue weighted by Crippen LogP contribution is -2.38. The molecule has 0 radical (unpaired) electrons. The first-order chi connectivity index (χ1) is 13.7. The number of rotatable bonds is 6. The van der Waals surface area contributed by atoms with Crippen LogP contribution in [0.5, 0.6) is 0 Å². The fourth-order valence-corrected chi connectivity index (χ4v) is 4.31. The standard InChI is InChI=1S/C23H30N4O/c24-19-12-18(13-19)21-14-22(26-23(25-21)17-6-7-17)27-10-8-20(9-11-27)28-15-16-4-2-1-3-5-16/h1-5,14,17-20H,6-13,15,24H2. The second-order valence-electron chi connectivity index (χ2n) is 8.69. The maximum absolute atomic E-state index is 6.15. The van der Waals surface area contributed by atoms with Crippen molar-refractivity contribution in [3.63, 3.8) is 0 Å². The molecule has 0 amide bonds. The molecule has 2 aliphatic carbocycles. The second-order valence-corrected chi connectivity index (χ2v) is 8.69. The van der Waals surface area contributed by atoms with E-state index >= 15 is 0 Å². The minimum atomic E-state index is 0.338. The largest absolute Gasteiger partial charge is 0.373 e. The number of anilines is 1. The van der Waals surface area contributed by atoms with Crippen LogP contribution >= 0.6 is 0 Å². The van der Waals surface area contributed by atoms with Gasteiger partial charge in [0.15, 0.2) is 0 Å². The summed E-state index contributed by atoms with van der Waals surface area (Å²) < 4.78 is 6.15. The summed E-state index contributed by atoms with van der Waals surface area (Å²) in [5, 5.41) is 0. The van der Waals surface area contributed by atoms with Crippen LogP contribution in [0.25, 0.3) is 0 Å². The number of hydrogen-bond acceptors (Lipinski definition) is 5. The molecule has 1 saturated heterocycles. The van der Waals surface area contributed by atoms with E-state index in [-0.39, 0.29) is 0 Å². The molecule has 3 fully saturated rings. The van der Waals surface area contributed by atoms with Crippen LogP contribution in [-0.2, 0) is 11.3 Å². The van der Waals surface area contributed by atoms with Crippen molar-refractivity contribution in [1.29, 1.82) is 0 Å². The number of nitrogens with zero attached hydrogens (tertiary/aromatic N) is 3. The van der Waals surface area contributed by atoms with Crippen molar-refractivity contribution in [2.45, 2.75) is 69.1 Å². The molecular formula is C23H30N4O. The van der Waals surface area contributed by atoms with Crippen LogP contribution < -0.4 is 10.6 Å². The van der Waals surface area contributed by atoms with Gasteiger partial charge in [0.1, 0.15) is 11.6 Å². The van der Waals surface area contributed by atoms with Gasteiger partial charge in [0, 0.05) is 42.7 Å². The maximum atomic E-state index is 6.15. The van der Waals surface area contributed by atoms with Crippen molar-refractivity contribution in [2.75, 3.05) is 18.0 Å². The van der Waals surface area contributed by atoms with E-state index in [0.717, 1.165) is 50.4 Å². The van der Waals surface area contributed by atoms with Crippen molar-refractivity contribution >= 4 is 5.82 Å². The summed E-state index contributed by atoms with van der Waals surface area (Å²) in [7, 11) is 0.